The Hall–Kier alpha value is -1.39. The molecular weight excluding hydrogens is 278 g/mol. The van der Waals surface area contributed by atoms with E-state index in [0.717, 1.165) is 37.9 Å². The molecule has 1 N–H and O–H groups in total. The van der Waals surface area contributed by atoms with Gasteiger partial charge < -0.3 is 14.7 Å². The summed E-state index contributed by atoms with van der Waals surface area (Å²) < 4.78 is 4.94. The molecule has 0 radical (unpaired) electrons. The van der Waals surface area contributed by atoms with Gasteiger partial charge in [-0.25, -0.2) is 0 Å². The first-order chi connectivity index (χ1) is 10.4. The van der Waals surface area contributed by atoms with Crippen molar-refractivity contribution in [2.75, 3.05) is 31.7 Å². The molecule has 22 heavy (non-hydrogen) atoms. The largest absolute Gasteiger partial charge is 0.396 e. The molecule has 0 aromatic heterocycles. The highest BCUT2D eigenvalue weighted by Gasteiger charge is 2.05. The minimum Gasteiger partial charge on any atom is -0.396 e. The Bertz CT molecular complexity index is 396. The number of aliphatic hydroxyl groups excluding tert-OH is 1. The van der Waals surface area contributed by atoms with Crippen LogP contribution in [0.2, 0.25) is 0 Å². The van der Waals surface area contributed by atoms with E-state index in [4.69, 9.17) is 9.84 Å². The predicted molar refractivity (Wildman–Crippen MR) is 92.8 cm³/mol. The van der Waals surface area contributed by atoms with Gasteiger partial charge in [0.05, 0.1) is 5.60 Å². The first kappa shape index (κ1) is 20.6. The minimum absolute atomic E-state index is 0.0417. The van der Waals surface area contributed by atoms with Gasteiger partial charge in [-0.1, -0.05) is 6.92 Å². The number of rotatable bonds is 7. The zero-order valence-corrected chi connectivity index (χ0v) is 14.6. The van der Waals surface area contributed by atoms with E-state index in [-0.39, 0.29) is 12.2 Å². The monoisotopic (exact) mass is 309 g/mol. The molecular formula is C18H31NO3. The van der Waals surface area contributed by atoms with E-state index in [1.165, 1.54) is 0 Å². The van der Waals surface area contributed by atoms with E-state index in [1.807, 2.05) is 45.0 Å². The lowest BCUT2D eigenvalue weighted by atomic mass is 10.2. The van der Waals surface area contributed by atoms with Gasteiger partial charge in [0.2, 0.25) is 0 Å². The van der Waals surface area contributed by atoms with Crippen molar-refractivity contribution in [1.82, 2.24) is 0 Å². The van der Waals surface area contributed by atoms with Crippen molar-refractivity contribution in [3.8, 4) is 0 Å². The van der Waals surface area contributed by atoms with Crippen molar-refractivity contribution in [3.05, 3.63) is 29.8 Å². The van der Waals surface area contributed by atoms with E-state index < -0.39 is 0 Å². The second kappa shape index (κ2) is 11.2. The SMILES string of the molecule is CCCN(CCCO)c1ccc(C=O)cc1.COC(C)(C)C. The molecule has 1 aromatic carbocycles. The molecule has 0 aliphatic rings. The molecule has 1 aromatic rings. The highest BCUT2D eigenvalue weighted by atomic mass is 16.5. The van der Waals surface area contributed by atoms with E-state index in [2.05, 4.69) is 11.8 Å². The van der Waals surface area contributed by atoms with Gasteiger partial charge in [0.25, 0.3) is 0 Å². The summed E-state index contributed by atoms with van der Waals surface area (Å²) in [7, 11) is 1.71. The van der Waals surface area contributed by atoms with E-state index in [0.29, 0.717) is 5.56 Å². The van der Waals surface area contributed by atoms with Crippen molar-refractivity contribution >= 4 is 12.0 Å². The fourth-order valence-electron chi connectivity index (χ4n) is 1.67. The smallest absolute Gasteiger partial charge is 0.150 e. The van der Waals surface area contributed by atoms with E-state index in [1.54, 1.807) is 7.11 Å². The molecule has 1 rings (SSSR count). The molecule has 0 heterocycles. The molecule has 0 atom stereocenters. The van der Waals surface area contributed by atoms with Crippen LogP contribution >= 0.6 is 0 Å². The zero-order chi connectivity index (χ0) is 17.0. The molecule has 4 nitrogen and oxygen atoms in total. The van der Waals surface area contributed by atoms with Crippen molar-refractivity contribution < 1.29 is 14.6 Å². The summed E-state index contributed by atoms with van der Waals surface area (Å²) in [4.78, 5) is 12.8. The summed E-state index contributed by atoms with van der Waals surface area (Å²) in [5, 5.41) is 8.84. The topological polar surface area (TPSA) is 49.8 Å². The molecule has 0 aliphatic heterocycles. The average molecular weight is 309 g/mol. The lowest BCUT2D eigenvalue weighted by Gasteiger charge is -2.24. The molecule has 0 bridgehead atoms. The summed E-state index contributed by atoms with van der Waals surface area (Å²) in [6, 6.07) is 7.56. The van der Waals surface area contributed by atoms with Crippen LogP contribution in [-0.2, 0) is 4.74 Å². The maximum atomic E-state index is 10.5. The quantitative estimate of drug-likeness (QED) is 0.783. The molecule has 0 saturated heterocycles. The van der Waals surface area contributed by atoms with Crippen LogP contribution in [0.5, 0.6) is 0 Å². The molecule has 0 spiro atoms. The average Bonchev–Trinajstić information content (AvgIpc) is 2.51. The second-order valence-electron chi connectivity index (χ2n) is 6.09. The summed E-state index contributed by atoms with van der Waals surface area (Å²) in [6.07, 6.45) is 2.69. The normalized spacial score (nSPS) is 10.6. The summed E-state index contributed by atoms with van der Waals surface area (Å²) >= 11 is 0. The number of methoxy groups -OCH3 is 1. The lowest BCUT2D eigenvalue weighted by Crippen LogP contribution is -2.25. The first-order valence-corrected chi connectivity index (χ1v) is 7.84. The number of ether oxygens (including phenoxy) is 1. The van der Waals surface area contributed by atoms with Gasteiger partial charge in [0, 0.05) is 38.1 Å². The fourth-order valence-corrected chi connectivity index (χ4v) is 1.67. The third kappa shape index (κ3) is 9.53. The van der Waals surface area contributed by atoms with Crippen LogP contribution in [0, 0.1) is 0 Å². The van der Waals surface area contributed by atoms with Crippen LogP contribution in [-0.4, -0.2) is 43.8 Å². The summed E-state index contributed by atoms with van der Waals surface area (Å²) in [5.74, 6) is 0. The molecule has 126 valence electrons. The number of aldehydes is 1. The van der Waals surface area contributed by atoms with Gasteiger partial charge in [0.15, 0.2) is 0 Å². The van der Waals surface area contributed by atoms with Crippen LogP contribution in [0.25, 0.3) is 0 Å². The van der Waals surface area contributed by atoms with Crippen molar-refractivity contribution in [3.63, 3.8) is 0 Å². The molecule has 4 heteroatoms. The molecule has 0 unspecified atom stereocenters. The third-order valence-corrected chi connectivity index (χ3v) is 3.09. The van der Waals surface area contributed by atoms with Gasteiger partial charge in [-0.15, -0.1) is 0 Å². The zero-order valence-electron chi connectivity index (χ0n) is 14.6. The van der Waals surface area contributed by atoms with Gasteiger partial charge in [-0.2, -0.15) is 0 Å². The maximum absolute atomic E-state index is 10.5. The van der Waals surface area contributed by atoms with E-state index >= 15 is 0 Å². The number of aliphatic hydroxyl groups is 1. The van der Waals surface area contributed by atoms with Crippen LogP contribution in [0.15, 0.2) is 24.3 Å². The molecule has 0 amide bonds. The highest BCUT2D eigenvalue weighted by molar-refractivity contribution is 5.75. The minimum atomic E-state index is 0.0417. The Balaban J connectivity index is 0.000000626. The van der Waals surface area contributed by atoms with Gasteiger partial charge in [0.1, 0.15) is 6.29 Å². The third-order valence-electron chi connectivity index (χ3n) is 3.09. The number of nitrogens with zero attached hydrogens (tertiary/aromatic N) is 1. The van der Waals surface area contributed by atoms with Crippen molar-refractivity contribution in [1.29, 1.82) is 0 Å². The van der Waals surface area contributed by atoms with Crippen molar-refractivity contribution in [2.24, 2.45) is 0 Å². The standard InChI is InChI=1S/C13H19NO2.C5H12O/c1-2-8-14(9-3-10-15)13-6-4-12(11-16)5-7-13;1-5(2,3)6-4/h4-7,11,15H,2-3,8-10H2,1H3;1-4H3. The van der Waals surface area contributed by atoms with Crippen LogP contribution in [0.3, 0.4) is 0 Å². The number of carbonyl (C=O) groups excluding carboxylic acids is 1. The Kier molecular flexibility index (Phi) is 10.5. The van der Waals surface area contributed by atoms with Crippen molar-refractivity contribution in [2.45, 2.75) is 46.1 Å². The Morgan fingerprint density at radius 2 is 1.73 bits per heavy atom. The van der Waals surface area contributed by atoms with Gasteiger partial charge in [-0.3, -0.25) is 4.79 Å². The highest BCUT2D eigenvalue weighted by Crippen LogP contribution is 2.15. The number of hydrogen-bond donors (Lipinski definition) is 1. The number of anilines is 1. The molecule has 0 fully saturated rings. The molecule has 0 aliphatic carbocycles. The maximum Gasteiger partial charge on any atom is 0.150 e. The van der Waals surface area contributed by atoms with Gasteiger partial charge in [-0.05, 0) is 57.9 Å². The summed E-state index contributed by atoms with van der Waals surface area (Å²) in [5.41, 5.74) is 1.85. The van der Waals surface area contributed by atoms with Crippen LogP contribution in [0.1, 0.15) is 50.9 Å². The van der Waals surface area contributed by atoms with Gasteiger partial charge >= 0.3 is 0 Å². The number of carbonyl (C=O) groups is 1. The number of benzene rings is 1. The van der Waals surface area contributed by atoms with Crippen LogP contribution in [0.4, 0.5) is 5.69 Å². The van der Waals surface area contributed by atoms with E-state index in [9.17, 15) is 4.79 Å². The fraction of sp³-hybridized carbons (Fsp3) is 0.611. The van der Waals surface area contributed by atoms with Crippen LogP contribution < -0.4 is 4.90 Å². The number of hydrogen-bond acceptors (Lipinski definition) is 4. The first-order valence-electron chi connectivity index (χ1n) is 7.84. The second-order valence-corrected chi connectivity index (χ2v) is 6.09. The Morgan fingerprint density at radius 1 is 1.18 bits per heavy atom. The Morgan fingerprint density at radius 3 is 2.09 bits per heavy atom. The molecule has 0 saturated carbocycles. The lowest BCUT2D eigenvalue weighted by molar-refractivity contribution is 0.0397. The summed E-state index contributed by atoms with van der Waals surface area (Å²) in [6.45, 7) is 10.2. The predicted octanol–water partition coefficient (Wildman–Crippen LogP) is 3.53. The Labute approximate surface area is 135 Å².